The van der Waals surface area contributed by atoms with Crippen LogP contribution in [0.3, 0.4) is 0 Å². The molecule has 0 unspecified atom stereocenters. The van der Waals surface area contributed by atoms with Gasteiger partial charge >= 0.3 is 0 Å². The number of halogens is 3. The summed E-state index contributed by atoms with van der Waals surface area (Å²) in [6, 6.07) is 7.64. The molecule has 2 aromatic carbocycles. The molecular weight excluding hydrogens is 407 g/mol. The van der Waals surface area contributed by atoms with Crippen LogP contribution < -0.4 is 10.6 Å². The maximum absolute atomic E-state index is 14.4. The zero-order valence-corrected chi connectivity index (χ0v) is 16.6. The topological polar surface area (TPSA) is 77.2 Å². The molecule has 162 valence electrons. The van der Waals surface area contributed by atoms with Crippen molar-refractivity contribution in [3.8, 4) is 11.3 Å². The van der Waals surface area contributed by atoms with Crippen molar-refractivity contribution in [2.45, 2.75) is 30.9 Å². The maximum Gasteiger partial charge on any atom is 0.223 e. The van der Waals surface area contributed by atoms with Gasteiger partial charge in [0, 0.05) is 30.5 Å². The second-order valence-corrected chi connectivity index (χ2v) is 8.44. The molecule has 1 saturated carbocycles. The molecule has 0 bridgehead atoms. The molecule has 4 N–H and O–H groups in total. The van der Waals surface area contributed by atoms with Crippen LogP contribution >= 0.6 is 0 Å². The molecule has 0 radical (unpaired) electrons. The SMILES string of the molecule is O=C(N[C@H]1CNC[C@@H]1O)C1CC(c2c(-c3ccc(F)cc3)[nH]c3c(F)cc(F)cc23)C1. The van der Waals surface area contributed by atoms with E-state index >= 15 is 0 Å². The van der Waals surface area contributed by atoms with Crippen LogP contribution in [0.1, 0.15) is 24.3 Å². The third kappa shape index (κ3) is 3.59. The number of amides is 1. The monoisotopic (exact) mass is 429 g/mol. The first-order chi connectivity index (χ1) is 14.9. The Hall–Kier alpha value is -2.84. The Morgan fingerprint density at radius 3 is 2.45 bits per heavy atom. The van der Waals surface area contributed by atoms with E-state index in [0.717, 1.165) is 11.6 Å². The maximum atomic E-state index is 14.4. The van der Waals surface area contributed by atoms with Gasteiger partial charge in [-0.3, -0.25) is 4.79 Å². The van der Waals surface area contributed by atoms with E-state index < -0.39 is 17.7 Å². The second-order valence-electron chi connectivity index (χ2n) is 8.44. The number of carbonyl (C=O) groups is 1. The summed E-state index contributed by atoms with van der Waals surface area (Å²) in [5.41, 5.74) is 2.22. The largest absolute Gasteiger partial charge is 0.390 e. The zero-order chi connectivity index (χ0) is 21.7. The highest BCUT2D eigenvalue weighted by Crippen LogP contribution is 2.48. The van der Waals surface area contributed by atoms with Crippen molar-refractivity contribution in [1.29, 1.82) is 0 Å². The smallest absolute Gasteiger partial charge is 0.223 e. The van der Waals surface area contributed by atoms with E-state index in [9.17, 15) is 23.1 Å². The van der Waals surface area contributed by atoms with E-state index in [4.69, 9.17) is 0 Å². The fourth-order valence-electron chi connectivity index (χ4n) is 4.69. The van der Waals surface area contributed by atoms with Crippen LogP contribution in [0.5, 0.6) is 0 Å². The van der Waals surface area contributed by atoms with E-state index in [1.54, 1.807) is 12.1 Å². The number of β-amino-alcohol motifs (C(OH)–C–C–N with tert-alkyl or cyclic N) is 1. The summed E-state index contributed by atoms with van der Waals surface area (Å²) in [5, 5.41) is 16.2. The Morgan fingerprint density at radius 2 is 1.77 bits per heavy atom. The van der Waals surface area contributed by atoms with Crippen molar-refractivity contribution < 1.29 is 23.1 Å². The van der Waals surface area contributed by atoms with Crippen molar-refractivity contribution in [2.75, 3.05) is 13.1 Å². The molecule has 3 aromatic rings. The molecule has 2 atom stereocenters. The highest BCUT2D eigenvalue weighted by atomic mass is 19.1. The predicted octanol–water partition coefficient (Wildman–Crippen LogP) is 3.19. The molecule has 31 heavy (non-hydrogen) atoms. The summed E-state index contributed by atoms with van der Waals surface area (Å²) < 4.78 is 41.9. The van der Waals surface area contributed by atoms with E-state index in [-0.39, 0.29) is 35.1 Å². The minimum Gasteiger partial charge on any atom is -0.390 e. The van der Waals surface area contributed by atoms with E-state index in [2.05, 4.69) is 15.6 Å². The number of benzene rings is 2. The second kappa shape index (κ2) is 7.69. The molecule has 5 nitrogen and oxygen atoms in total. The Balaban J connectivity index is 1.44. The van der Waals surface area contributed by atoms with Gasteiger partial charge in [0.2, 0.25) is 5.91 Å². The van der Waals surface area contributed by atoms with Gasteiger partial charge in [-0.05, 0) is 60.2 Å². The first-order valence-electron chi connectivity index (χ1n) is 10.4. The van der Waals surface area contributed by atoms with Crippen molar-refractivity contribution in [3.05, 3.63) is 59.4 Å². The highest BCUT2D eigenvalue weighted by Gasteiger charge is 2.40. The minimum absolute atomic E-state index is 0.0719. The molecule has 1 aliphatic heterocycles. The molecule has 5 rings (SSSR count). The Labute approximate surface area is 176 Å². The molecule has 8 heteroatoms. The normalized spacial score (nSPS) is 25.5. The van der Waals surface area contributed by atoms with Crippen molar-refractivity contribution in [1.82, 2.24) is 15.6 Å². The number of aromatic amines is 1. The number of fused-ring (bicyclic) bond motifs is 1. The quantitative estimate of drug-likeness (QED) is 0.515. The Morgan fingerprint density at radius 1 is 1.03 bits per heavy atom. The molecule has 2 heterocycles. The third-order valence-electron chi connectivity index (χ3n) is 6.42. The number of aliphatic hydroxyl groups is 1. The average Bonchev–Trinajstić information content (AvgIpc) is 3.26. The standard InChI is InChI=1S/C23H22F3N3O2/c24-14-3-1-11(2-4-14)21-20(16-7-15(25)8-17(26)22(16)29-21)12-5-13(6-12)23(31)28-18-9-27-10-19(18)30/h1-4,7-8,12-13,18-19,27,29-30H,5-6,9-10H2,(H,28,31)/t12?,13?,18-,19-/m0/s1. The molecule has 1 saturated heterocycles. The van der Waals surface area contributed by atoms with Gasteiger partial charge in [-0.25, -0.2) is 13.2 Å². The third-order valence-corrected chi connectivity index (χ3v) is 6.42. The van der Waals surface area contributed by atoms with Gasteiger partial charge in [-0.1, -0.05) is 0 Å². The average molecular weight is 429 g/mol. The minimum atomic E-state index is -0.694. The van der Waals surface area contributed by atoms with Crippen LogP contribution in [0.25, 0.3) is 22.2 Å². The lowest BCUT2D eigenvalue weighted by Gasteiger charge is -2.36. The fourth-order valence-corrected chi connectivity index (χ4v) is 4.69. The number of rotatable bonds is 4. The molecule has 1 amide bonds. The van der Waals surface area contributed by atoms with Gasteiger partial charge in [0.15, 0.2) is 0 Å². The summed E-state index contributed by atoms with van der Waals surface area (Å²) in [6.07, 6.45) is 0.451. The summed E-state index contributed by atoms with van der Waals surface area (Å²) in [5.74, 6) is -2.18. The number of hydrogen-bond donors (Lipinski definition) is 4. The van der Waals surface area contributed by atoms with Gasteiger partial charge in [0.05, 0.1) is 23.4 Å². The summed E-state index contributed by atoms with van der Waals surface area (Å²) in [7, 11) is 0. The molecule has 0 spiro atoms. The fraction of sp³-hybridized carbons (Fsp3) is 0.348. The lowest BCUT2D eigenvalue weighted by Crippen LogP contribution is -2.47. The van der Waals surface area contributed by atoms with Gasteiger partial charge in [-0.15, -0.1) is 0 Å². The number of carbonyl (C=O) groups excluding carboxylic acids is 1. The van der Waals surface area contributed by atoms with Gasteiger partial charge < -0.3 is 20.7 Å². The lowest BCUT2D eigenvalue weighted by molar-refractivity contribution is -0.129. The number of aliphatic hydroxyl groups excluding tert-OH is 1. The number of hydrogen-bond acceptors (Lipinski definition) is 3. The van der Waals surface area contributed by atoms with Crippen LogP contribution in [0.4, 0.5) is 13.2 Å². The molecule has 1 aliphatic carbocycles. The Bertz CT molecular complexity index is 1140. The first-order valence-corrected chi connectivity index (χ1v) is 10.4. The predicted molar refractivity (Wildman–Crippen MR) is 110 cm³/mol. The zero-order valence-electron chi connectivity index (χ0n) is 16.6. The molecule has 1 aromatic heterocycles. The van der Waals surface area contributed by atoms with Crippen LogP contribution in [0.2, 0.25) is 0 Å². The molecule has 2 aliphatic rings. The van der Waals surface area contributed by atoms with E-state index in [1.807, 2.05) is 0 Å². The van der Waals surface area contributed by atoms with Crippen molar-refractivity contribution >= 4 is 16.8 Å². The number of nitrogens with one attached hydrogen (secondary N) is 3. The lowest BCUT2D eigenvalue weighted by atomic mass is 9.69. The van der Waals surface area contributed by atoms with E-state index in [1.165, 1.54) is 18.2 Å². The molecule has 2 fully saturated rings. The van der Waals surface area contributed by atoms with Crippen molar-refractivity contribution in [2.24, 2.45) is 5.92 Å². The van der Waals surface area contributed by atoms with Gasteiger partial charge in [0.1, 0.15) is 17.5 Å². The van der Waals surface area contributed by atoms with E-state index in [0.29, 0.717) is 42.6 Å². The highest BCUT2D eigenvalue weighted by molar-refractivity contribution is 5.92. The van der Waals surface area contributed by atoms with Crippen LogP contribution in [-0.4, -0.2) is 41.2 Å². The van der Waals surface area contributed by atoms with Crippen molar-refractivity contribution in [3.63, 3.8) is 0 Å². The summed E-state index contributed by atoms with van der Waals surface area (Å²) >= 11 is 0. The Kier molecular flexibility index (Phi) is 4.98. The van der Waals surface area contributed by atoms with Gasteiger partial charge in [-0.2, -0.15) is 0 Å². The number of aromatic nitrogens is 1. The van der Waals surface area contributed by atoms with Crippen LogP contribution in [0.15, 0.2) is 36.4 Å². The van der Waals surface area contributed by atoms with Crippen LogP contribution in [-0.2, 0) is 4.79 Å². The first kappa shape index (κ1) is 20.1. The van der Waals surface area contributed by atoms with Crippen LogP contribution in [0, 0.1) is 23.4 Å². The summed E-state index contributed by atoms with van der Waals surface area (Å²) in [6.45, 7) is 0.977. The molecular formula is C23H22F3N3O2. The summed E-state index contributed by atoms with van der Waals surface area (Å²) in [4.78, 5) is 15.6. The van der Waals surface area contributed by atoms with Gasteiger partial charge in [0.25, 0.3) is 0 Å². The number of H-pyrrole nitrogens is 1.